The number of nitrogens with one attached hydrogen (secondary N) is 1. The van der Waals surface area contributed by atoms with Gasteiger partial charge in [0.15, 0.2) is 0 Å². The Balaban J connectivity index is 2.81. The van der Waals surface area contributed by atoms with Crippen molar-refractivity contribution in [2.75, 3.05) is 23.1 Å². The Hall–Kier alpha value is -1.36. The largest absolute Gasteiger partial charge is 0.478 e. The molecule has 0 radical (unpaired) electrons. The van der Waals surface area contributed by atoms with E-state index in [4.69, 9.17) is 10.8 Å². The lowest BCUT2D eigenvalue weighted by molar-refractivity contribution is 0.0698. The van der Waals surface area contributed by atoms with Crippen molar-refractivity contribution in [1.82, 2.24) is 0 Å². The quantitative estimate of drug-likeness (QED) is 0.680. The number of rotatable bonds is 6. The summed E-state index contributed by atoms with van der Waals surface area (Å²) in [5.74, 6) is 0.100. The maximum absolute atomic E-state index is 11.0. The summed E-state index contributed by atoms with van der Waals surface area (Å²) in [5, 5.41) is 12.3. The number of carboxylic acid groups (broad SMARTS) is 1. The van der Waals surface area contributed by atoms with E-state index >= 15 is 0 Å². The maximum atomic E-state index is 11.0. The van der Waals surface area contributed by atoms with E-state index in [0.717, 1.165) is 12.2 Å². The molecule has 0 fully saturated rings. The van der Waals surface area contributed by atoms with Crippen LogP contribution >= 0.6 is 11.8 Å². The topological polar surface area (TPSA) is 75.3 Å². The summed E-state index contributed by atoms with van der Waals surface area (Å²) in [7, 11) is 0. The first-order chi connectivity index (χ1) is 8.04. The Labute approximate surface area is 106 Å². The number of aromatic carboxylic acids is 1. The fourth-order valence-electron chi connectivity index (χ4n) is 1.50. The molecule has 0 bridgehead atoms. The van der Waals surface area contributed by atoms with Crippen LogP contribution in [0.2, 0.25) is 0 Å². The van der Waals surface area contributed by atoms with Crippen LogP contribution in [0.5, 0.6) is 0 Å². The molecule has 0 aromatic heterocycles. The molecule has 0 heterocycles. The van der Waals surface area contributed by atoms with Crippen LogP contribution in [0.15, 0.2) is 18.2 Å². The molecule has 4 N–H and O–H groups in total. The fourth-order valence-corrected chi connectivity index (χ4v) is 2.09. The third-order valence-corrected chi connectivity index (χ3v) is 3.07. The molecule has 0 aliphatic carbocycles. The molecule has 0 spiro atoms. The average Bonchev–Trinajstić information content (AvgIpc) is 2.26. The number of nitrogens with two attached hydrogens (primary N) is 1. The van der Waals surface area contributed by atoms with E-state index in [1.165, 1.54) is 6.07 Å². The second-order valence-electron chi connectivity index (χ2n) is 3.94. The molecule has 94 valence electrons. The Morgan fingerprint density at radius 3 is 2.88 bits per heavy atom. The van der Waals surface area contributed by atoms with Crippen LogP contribution in [0.1, 0.15) is 23.7 Å². The predicted octanol–water partition coefficient (Wildman–Crippen LogP) is 2.52. The molecule has 1 unspecified atom stereocenters. The zero-order valence-corrected chi connectivity index (χ0v) is 10.9. The summed E-state index contributed by atoms with van der Waals surface area (Å²) in [6, 6.07) is 5.02. The van der Waals surface area contributed by atoms with Crippen molar-refractivity contribution < 1.29 is 9.90 Å². The second kappa shape index (κ2) is 6.39. The smallest absolute Gasteiger partial charge is 0.337 e. The van der Waals surface area contributed by atoms with E-state index in [1.54, 1.807) is 23.9 Å². The van der Waals surface area contributed by atoms with Gasteiger partial charge in [-0.2, -0.15) is 11.8 Å². The lowest BCUT2D eigenvalue weighted by Gasteiger charge is -2.16. The first-order valence-corrected chi connectivity index (χ1v) is 6.82. The standard InChI is InChI=1S/C12H18N2O2S/c1-8(5-6-17-2)14-11-7-9(13)3-4-10(11)12(15)16/h3-4,7-8,14H,5-6,13H2,1-2H3,(H,15,16). The maximum Gasteiger partial charge on any atom is 0.337 e. The number of anilines is 2. The normalized spacial score (nSPS) is 12.1. The molecule has 1 rings (SSSR count). The third-order valence-electron chi connectivity index (χ3n) is 2.43. The van der Waals surface area contributed by atoms with Gasteiger partial charge in [-0.1, -0.05) is 0 Å². The molecular weight excluding hydrogens is 236 g/mol. The predicted molar refractivity (Wildman–Crippen MR) is 73.9 cm³/mol. The number of nitrogen functional groups attached to an aromatic ring is 1. The van der Waals surface area contributed by atoms with Gasteiger partial charge >= 0.3 is 5.97 Å². The summed E-state index contributed by atoms with van der Waals surface area (Å²) >= 11 is 1.77. The number of hydrogen-bond donors (Lipinski definition) is 3. The highest BCUT2D eigenvalue weighted by Gasteiger charge is 2.12. The van der Waals surface area contributed by atoms with E-state index in [1.807, 2.05) is 6.92 Å². The van der Waals surface area contributed by atoms with Gasteiger partial charge in [0, 0.05) is 11.7 Å². The molecule has 0 saturated carbocycles. The van der Waals surface area contributed by atoms with Crippen LogP contribution in [0.3, 0.4) is 0 Å². The molecule has 1 aromatic carbocycles. The van der Waals surface area contributed by atoms with Crippen molar-refractivity contribution in [3.63, 3.8) is 0 Å². The molecule has 1 atom stereocenters. The van der Waals surface area contributed by atoms with Crippen LogP contribution in [0, 0.1) is 0 Å². The van der Waals surface area contributed by atoms with Gasteiger partial charge in [0.1, 0.15) is 0 Å². The van der Waals surface area contributed by atoms with E-state index in [2.05, 4.69) is 11.6 Å². The Kier molecular flexibility index (Phi) is 5.15. The minimum absolute atomic E-state index is 0.224. The monoisotopic (exact) mass is 254 g/mol. The number of benzene rings is 1. The van der Waals surface area contributed by atoms with Gasteiger partial charge in [-0.3, -0.25) is 0 Å². The van der Waals surface area contributed by atoms with Crippen molar-refractivity contribution in [3.8, 4) is 0 Å². The lowest BCUT2D eigenvalue weighted by atomic mass is 10.1. The zero-order valence-electron chi connectivity index (χ0n) is 10.1. The molecule has 0 aliphatic heterocycles. The van der Waals surface area contributed by atoms with Gasteiger partial charge in [-0.25, -0.2) is 4.79 Å². The Morgan fingerprint density at radius 1 is 1.59 bits per heavy atom. The summed E-state index contributed by atoms with van der Waals surface area (Å²) in [4.78, 5) is 11.0. The number of carboxylic acids is 1. The molecule has 17 heavy (non-hydrogen) atoms. The minimum atomic E-state index is -0.940. The van der Waals surface area contributed by atoms with Crippen LogP contribution in [-0.2, 0) is 0 Å². The van der Waals surface area contributed by atoms with Crippen molar-refractivity contribution in [2.45, 2.75) is 19.4 Å². The van der Waals surface area contributed by atoms with Gasteiger partial charge in [-0.05, 0) is 43.6 Å². The third kappa shape index (κ3) is 4.19. The van der Waals surface area contributed by atoms with Gasteiger partial charge in [0.2, 0.25) is 0 Å². The molecule has 0 amide bonds. The van der Waals surface area contributed by atoms with E-state index in [0.29, 0.717) is 11.4 Å². The van der Waals surface area contributed by atoms with E-state index in [9.17, 15) is 4.79 Å². The Bertz CT molecular complexity index is 396. The van der Waals surface area contributed by atoms with Gasteiger partial charge in [-0.15, -0.1) is 0 Å². The van der Waals surface area contributed by atoms with Crippen LogP contribution in [-0.4, -0.2) is 29.1 Å². The van der Waals surface area contributed by atoms with E-state index < -0.39 is 5.97 Å². The highest BCUT2D eigenvalue weighted by molar-refractivity contribution is 7.98. The number of hydrogen-bond acceptors (Lipinski definition) is 4. The van der Waals surface area contributed by atoms with Crippen LogP contribution in [0.4, 0.5) is 11.4 Å². The van der Waals surface area contributed by atoms with E-state index in [-0.39, 0.29) is 11.6 Å². The van der Waals surface area contributed by atoms with Gasteiger partial charge in [0.25, 0.3) is 0 Å². The Morgan fingerprint density at radius 2 is 2.29 bits per heavy atom. The molecule has 1 aromatic rings. The summed E-state index contributed by atoms with van der Waals surface area (Å²) < 4.78 is 0. The molecule has 4 nitrogen and oxygen atoms in total. The minimum Gasteiger partial charge on any atom is -0.478 e. The first-order valence-electron chi connectivity index (χ1n) is 5.43. The molecule has 0 saturated heterocycles. The fraction of sp³-hybridized carbons (Fsp3) is 0.417. The van der Waals surface area contributed by atoms with Crippen LogP contribution in [0.25, 0.3) is 0 Å². The number of thioether (sulfide) groups is 1. The van der Waals surface area contributed by atoms with Gasteiger partial charge < -0.3 is 16.2 Å². The molecular formula is C12H18N2O2S. The summed E-state index contributed by atoms with van der Waals surface area (Å²) in [6.07, 6.45) is 3.03. The lowest BCUT2D eigenvalue weighted by Crippen LogP contribution is -2.18. The van der Waals surface area contributed by atoms with Gasteiger partial charge in [0.05, 0.1) is 11.3 Å². The highest BCUT2D eigenvalue weighted by Crippen LogP contribution is 2.21. The van der Waals surface area contributed by atoms with Crippen LogP contribution < -0.4 is 11.1 Å². The number of carbonyl (C=O) groups is 1. The first kappa shape index (κ1) is 13.7. The van der Waals surface area contributed by atoms with Crippen molar-refractivity contribution in [1.29, 1.82) is 0 Å². The SMILES string of the molecule is CSCCC(C)Nc1cc(N)ccc1C(=O)O. The second-order valence-corrected chi connectivity index (χ2v) is 4.92. The van der Waals surface area contributed by atoms with Crippen molar-refractivity contribution in [2.24, 2.45) is 0 Å². The zero-order chi connectivity index (χ0) is 12.8. The highest BCUT2D eigenvalue weighted by atomic mass is 32.2. The molecule has 5 heteroatoms. The summed E-state index contributed by atoms with van der Waals surface area (Å²) in [6.45, 7) is 2.03. The van der Waals surface area contributed by atoms with Crippen molar-refractivity contribution >= 4 is 29.1 Å². The average molecular weight is 254 g/mol. The van der Waals surface area contributed by atoms with Crippen molar-refractivity contribution in [3.05, 3.63) is 23.8 Å². The molecule has 0 aliphatic rings. The summed E-state index contributed by atoms with van der Waals surface area (Å²) in [5.41, 5.74) is 7.08.